The van der Waals surface area contributed by atoms with Gasteiger partial charge in [-0.1, -0.05) is 6.92 Å². The van der Waals surface area contributed by atoms with Crippen LogP contribution in [0.2, 0.25) is 0 Å². The third-order valence-electron chi connectivity index (χ3n) is 4.49. The summed E-state index contributed by atoms with van der Waals surface area (Å²) in [5.41, 5.74) is 2.88. The largest absolute Gasteiger partial charge is 0.376 e. The minimum Gasteiger partial charge on any atom is -0.376 e. The highest BCUT2D eigenvalue weighted by atomic mass is 32.1. The highest BCUT2D eigenvalue weighted by Gasteiger charge is 2.26. The third kappa shape index (κ3) is 3.70. The van der Waals surface area contributed by atoms with E-state index in [0.717, 1.165) is 47.8 Å². The number of thiazole rings is 1. The third-order valence-corrected chi connectivity index (χ3v) is 5.45. The number of carbonyl (C=O) groups is 1. The van der Waals surface area contributed by atoms with Crippen LogP contribution in [0.15, 0.2) is 17.6 Å². The van der Waals surface area contributed by atoms with E-state index in [1.807, 2.05) is 41.1 Å². The van der Waals surface area contributed by atoms with E-state index in [2.05, 4.69) is 11.9 Å². The van der Waals surface area contributed by atoms with Crippen molar-refractivity contribution in [3.8, 4) is 0 Å². The summed E-state index contributed by atoms with van der Waals surface area (Å²) in [5.74, 6) is 0.0794. The Bertz CT molecular complexity index is 701. The van der Waals surface area contributed by atoms with E-state index in [9.17, 15) is 4.79 Å². The van der Waals surface area contributed by atoms with Gasteiger partial charge in [-0.25, -0.2) is 4.98 Å². The van der Waals surface area contributed by atoms with Gasteiger partial charge in [-0.15, -0.1) is 11.3 Å². The van der Waals surface area contributed by atoms with E-state index >= 15 is 0 Å². The van der Waals surface area contributed by atoms with Crippen LogP contribution in [0.4, 0.5) is 0 Å². The fourth-order valence-corrected chi connectivity index (χ4v) is 4.05. The second-order valence-electron chi connectivity index (χ2n) is 6.34. The average molecular weight is 347 g/mol. The van der Waals surface area contributed by atoms with Gasteiger partial charge in [0.05, 0.1) is 18.2 Å². The maximum atomic E-state index is 13.2. The molecule has 0 bridgehead atoms. The van der Waals surface area contributed by atoms with Gasteiger partial charge in [0.25, 0.3) is 5.91 Å². The first-order valence-electron chi connectivity index (χ1n) is 8.54. The summed E-state index contributed by atoms with van der Waals surface area (Å²) < 4.78 is 7.79. The molecule has 2 aromatic rings. The predicted molar refractivity (Wildman–Crippen MR) is 95.4 cm³/mol. The second-order valence-corrected chi connectivity index (χ2v) is 7.29. The van der Waals surface area contributed by atoms with E-state index in [1.165, 1.54) is 0 Å². The molecule has 1 atom stereocenters. The molecule has 24 heavy (non-hydrogen) atoms. The number of aromatic nitrogens is 2. The standard InChI is InChI=1S/C18H25N3O2S/c1-4-16-15(7-8-20(16)3)18(22)21(10-14-6-5-9-23-14)11-17-19-13(2)12-24-17/h7-8,12,14H,4-6,9-11H2,1-3H3. The summed E-state index contributed by atoms with van der Waals surface area (Å²) >= 11 is 1.61. The molecule has 0 N–H and O–H groups in total. The lowest BCUT2D eigenvalue weighted by Gasteiger charge is -2.25. The van der Waals surface area contributed by atoms with Gasteiger partial charge in [0.15, 0.2) is 0 Å². The fraction of sp³-hybridized carbons (Fsp3) is 0.556. The fourth-order valence-electron chi connectivity index (χ4n) is 3.26. The van der Waals surface area contributed by atoms with Crippen molar-refractivity contribution in [2.75, 3.05) is 13.2 Å². The van der Waals surface area contributed by atoms with Crippen molar-refractivity contribution in [3.05, 3.63) is 39.6 Å². The van der Waals surface area contributed by atoms with Gasteiger partial charge in [0.2, 0.25) is 0 Å². The molecular formula is C18H25N3O2S. The van der Waals surface area contributed by atoms with E-state index in [1.54, 1.807) is 11.3 Å². The Morgan fingerprint density at radius 1 is 1.54 bits per heavy atom. The van der Waals surface area contributed by atoms with Crippen LogP contribution >= 0.6 is 11.3 Å². The summed E-state index contributed by atoms with van der Waals surface area (Å²) in [6, 6.07) is 1.93. The maximum absolute atomic E-state index is 13.2. The Hall–Kier alpha value is -1.66. The smallest absolute Gasteiger partial charge is 0.256 e. The minimum atomic E-state index is 0.0794. The summed E-state index contributed by atoms with van der Waals surface area (Å²) in [6.45, 7) is 6.05. The quantitative estimate of drug-likeness (QED) is 0.806. The van der Waals surface area contributed by atoms with Crippen LogP contribution in [0.5, 0.6) is 0 Å². The first kappa shape index (κ1) is 17.2. The molecule has 0 aromatic carbocycles. The molecule has 1 saturated heterocycles. The second kappa shape index (κ2) is 7.49. The van der Waals surface area contributed by atoms with E-state index < -0.39 is 0 Å². The predicted octanol–water partition coefficient (Wildman–Crippen LogP) is 3.17. The Kier molecular flexibility index (Phi) is 5.36. The molecule has 0 aliphatic carbocycles. The van der Waals surface area contributed by atoms with Crippen LogP contribution in [0.25, 0.3) is 0 Å². The molecule has 1 unspecified atom stereocenters. The molecule has 1 amide bonds. The number of amides is 1. The molecule has 5 nitrogen and oxygen atoms in total. The molecule has 1 aliphatic heterocycles. The van der Waals surface area contributed by atoms with E-state index in [0.29, 0.717) is 13.1 Å². The molecular weight excluding hydrogens is 322 g/mol. The van der Waals surface area contributed by atoms with Crippen molar-refractivity contribution in [3.63, 3.8) is 0 Å². The van der Waals surface area contributed by atoms with Gasteiger partial charge < -0.3 is 14.2 Å². The van der Waals surface area contributed by atoms with Crippen LogP contribution in [-0.4, -0.2) is 39.6 Å². The number of nitrogens with zero attached hydrogens (tertiary/aromatic N) is 3. The number of hydrogen-bond donors (Lipinski definition) is 0. The lowest BCUT2D eigenvalue weighted by Crippen LogP contribution is -2.37. The van der Waals surface area contributed by atoms with Gasteiger partial charge in [-0.2, -0.15) is 0 Å². The van der Waals surface area contributed by atoms with Crippen LogP contribution in [0.1, 0.15) is 46.5 Å². The maximum Gasteiger partial charge on any atom is 0.256 e. The molecule has 1 aliphatic rings. The highest BCUT2D eigenvalue weighted by molar-refractivity contribution is 7.09. The van der Waals surface area contributed by atoms with Gasteiger partial charge in [0.1, 0.15) is 5.01 Å². The highest BCUT2D eigenvalue weighted by Crippen LogP contribution is 2.21. The summed E-state index contributed by atoms with van der Waals surface area (Å²) in [4.78, 5) is 19.6. The molecule has 3 heterocycles. The average Bonchev–Trinajstić information content (AvgIpc) is 3.28. The van der Waals surface area contributed by atoms with Crippen LogP contribution in [-0.2, 0) is 24.8 Å². The molecule has 0 radical (unpaired) electrons. The Labute approximate surface area is 147 Å². The Morgan fingerprint density at radius 3 is 3.00 bits per heavy atom. The zero-order valence-electron chi connectivity index (χ0n) is 14.6. The van der Waals surface area contributed by atoms with Gasteiger partial charge >= 0.3 is 0 Å². The molecule has 6 heteroatoms. The SMILES string of the molecule is CCc1c(C(=O)N(Cc2nc(C)cs2)CC2CCCO2)ccn1C. The minimum absolute atomic E-state index is 0.0794. The Morgan fingerprint density at radius 2 is 2.38 bits per heavy atom. The Balaban J connectivity index is 1.82. The van der Waals surface area contributed by atoms with Crippen LogP contribution in [0, 0.1) is 6.92 Å². The molecule has 3 rings (SSSR count). The van der Waals surface area contributed by atoms with Gasteiger partial charge in [-0.3, -0.25) is 4.79 Å². The number of carbonyl (C=O) groups excluding carboxylic acids is 1. The van der Waals surface area contributed by atoms with Crippen molar-refractivity contribution in [1.82, 2.24) is 14.5 Å². The molecule has 2 aromatic heterocycles. The lowest BCUT2D eigenvalue weighted by atomic mass is 10.1. The van der Waals surface area contributed by atoms with E-state index in [-0.39, 0.29) is 12.0 Å². The van der Waals surface area contributed by atoms with Crippen molar-refractivity contribution in [2.45, 2.75) is 45.8 Å². The lowest BCUT2D eigenvalue weighted by molar-refractivity contribution is 0.0506. The number of rotatable bonds is 6. The van der Waals surface area contributed by atoms with Gasteiger partial charge in [-0.05, 0) is 32.3 Å². The number of ether oxygens (including phenoxy) is 1. The first-order chi connectivity index (χ1) is 11.6. The first-order valence-corrected chi connectivity index (χ1v) is 9.42. The van der Waals surface area contributed by atoms with E-state index in [4.69, 9.17) is 4.74 Å². The van der Waals surface area contributed by atoms with Crippen molar-refractivity contribution >= 4 is 17.2 Å². The molecule has 1 fully saturated rings. The number of aryl methyl sites for hydroxylation is 2. The molecule has 0 spiro atoms. The normalized spacial score (nSPS) is 17.4. The zero-order chi connectivity index (χ0) is 17.1. The molecule has 130 valence electrons. The monoisotopic (exact) mass is 347 g/mol. The molecule has 0 saturated carbocycles. The van der Waals surface area contributed by atoms with Gasteiger partial charge in [0, 0.05) is 43.2 Å². The summed E-state index contributed by atoms with van der Waals surface area (Å²) in [6.07, 6.45) is 5.05. The topological polar surface area (TPSA) is 47.4 Å². The summed E-state index contributed by atoms with van der Waals surface area (Å²) in [7, 11) is 1.99. The zero-order valence-corrected chi connectivity index (χ0v) is 15.4. The van der Waals surface area contributed by atoms with Crippen LogP contribution < -0.4 is 0 Å². The van der Waals surface area contributed by atoms with Crippen molar-refractivity contribution < 1.29 is 9.53 Å². The summed E-state index contributed by atoms with van der Waals surface area (Å²) in [5, 5.41) is 3.01. The van der Waals surface area contributed by atoms with Crippen molar-refractivity contribution in [1.29, 1.82) is 0 Å². The number of hydrogen-bond acceptors (Lipinski definition) is 4. The van der Waals surface area contributed by atoms with Crippen molar-refractivity contribution in [2.24, 2.45) is 7.05 Å². The van der Waals surface area contributed by atoms with Crippen LogP contribution in [0.3, 0.4) is 0 Å².